The zero-order valence-electron chi connectivity index (χ0n) is 13.3. The molecular weight excluding hydrogens is 290 g/mol. The average Bonchev–Trinajstić information content (AvgIpc) is 3.09. The van der Waals surface area contributed by atoms with Crippen molar-refractivity contribution in [3.05, 3.63) is 48.4 Å². The minimum Gasteiger partial charge on any atom is -0.480 e. The van der Waals surface area contributed by atoms with Crippen LogP contribution in [0, 0.1) is 0 Å². The maximum Gasteiger partial charge on any atom is 0.226 e. The fraction of sp³-hybridized carbons (Fsp3) is 0.278. The Kier molecular flexibility index (Phi) is 4.66. The van der Waals surface area contributed by atoms with Gasteiger partial charge in [-0.05, 0) is 18.6 Å². The Balaban J connectivity index is 1.92. The van der Waals surface area contributed by atoms with Crippen molar-refractivity contribution < 1.29 is 9.26 Å². The van der Waals surface area contributed by atoms with Gasteiger partial charge in [0.05, 0.1) is 18.4 Å². The molecule has 0 amide bonds. The third-order valence-electron chi connectivity index (χ3n) is 3.58. The van der Waals surface area contributed by atoms with Crippen LogP contribution in [0.15, 0.2) is 47.0 Å². The molecule has 0 aliphatic carbocycles. The molecule has 3 aromatic rings. The van der Waals surface area contributed by atoms with E-state index in [1.807, 2.05) is 42.5 Å². The predicted molar refractivity (Wildman–Crippen MR) is 88.1 cm³/mol. The third kappa shape index (κ3) is 3.39. The molecule has 2 aromatic heterocycles. The molecule has 0 aliphatic heterocycles. The number of unbranched alkanes of at least 4 members (excludes halogenated alkanes) is 1. The van der Waals surface area contributed by atoms with Crippen molar-refractivity contribution in [3.63, 3.8) is 0 Å². The highest BCUT2D eigenvalue weighted by molar-refractivity contribution is 5.67. The molecule has 0 N–H and O–H groups in total. The fourth-order valence-electron chi connectivity index (χ4n) is 2.33. The van der Waals surface area contributed by atoms with Gasteiger partial charge in [-0.2, -0.15) is 4.98 Å². The highest BCUT2D eigenvalue weighted by atomic mass is 16.5. The molecule has 118 valence electrons. The standard InChI is InChI=1S/C18H19N3O2/c1-3-4-10-16-20-17(21-23-16)14-11-12-15(19-18(14)22-2)13-8-6-5-7-9-13/h5-9,11-12H,3-4,10H2,1-2H3. The van der Waals surface area contributed by atoms with Gasteiger partial charge in [0.25, 0.3) is 0 Å². The lowest BCUT2D eigenvalue weighted by atomic mass is 10.1. The first kappa shape index (κ1) is 15.2. The second kappa shape index (κ2) is 7.05. The van der Waals surface area contributed by atoms with Gasteiger partial charge in [0, 0.05) is 12.0 Å². The number of pyridine rings is 1. The number of methoxy groups -OCH3 is 1. The van der Waals surface area contributed by atoms with E-state index < -0.39 is 0 Å². The molecular formula is C18H19N3O2. The predicted octanol–water partition coefficient (Wildman–Crippen LogP) is 4.15. The van der Waals surface area contributed by atoms with Crippen LogP contribution in [0.2, 0.25) is 0 Å². The molecule has 0 fully saturated rings. The third-order valence-corrected chi connectivity index (χ3v) is 3.58. The number of aromatic nitrogens is 3. The van der Waals surface area contributed by atoms with Crippen molar-refractivity contribution >= 4 is 0 Å². The van der Waals surface area contributed by atoms with Crippen molar-refractivity contribution in [3.8, 4) is 28.5 Å². The second-order valence-corrected chi connectivity index (χ2v) is 5.23. The molecule has 0 aliphatic rings. The summed E-state index contributed by atoms with van der Waals surface area (Å²) in [6.07, 6.45) is 2.92. The normalized spacial score (nSPS) is 10.7. The number of hydrogen-bond acceptors (Lipinski definition) is 5. The Morgan fingerprint density at radius 2 is 1.87 bits per heavy atom. The van der Waals surface area contributed by atoms with Crippen molar-refractivity contribution in [1.82, 2.24) is 15.1 Å². The molecule has 5 nitrogen and oxygen atoms in total. The summed E-state index contributed by atoms with van der Waals surface area (Å²) in [6, 6.07) is 13.8. The minimum absolute atomic E-state index is 0.495. The van der Waals surface area contributed by atoms with Crippen LogP contribution in [0.1, 0.15) is 25.7 Å². The highest BCUT2D eigenvalue weighted by Crippen LogP contribution is 2.29. The topological polar surface area (TPSA) is 61.0 Å². The van der Waals surface area contributed by atoms with Gasteiger partial charge in [0.1, 0.15) is 0 Å². The number of nitrogens with zero attached hydrogens (tertiary/aromatic N) is 3. The van der Waals surface area contributed by atoms with Crippen molar-refractivity contribution in [2.75, 3.05) is 7.11 Å². The van der Waals surface area contributed by atoms with E-state index in [1.165, 1.54) is 0 Å². The smallest absolute Gasteiger partial charge is 0.226 e. The maximum atomic E-state index is 5.42. The summed E-state index contributed by atoms with van der Waals surface area (Å²) < 4.78 is 10.7. The van der Waals surface area contributed by atoms with Crippen LogP contribution < -0.4 is 4.74 Å². The summed E-state index contributed by atoms with van der Waals surface area (Å²) in [5.74, 6) is 1.66. The molecule has 1 aromatic carbocycles. The van der Waals surface area contributed by atoms with Crippen LogP contribution in [-0.2, 0) is 6.42 Å². The maximum absolute atomic E-state index is 5.42. The van der Waals surface area contributed by atoms with Crippen LogP contribution >= 0.6 is 0 Å². The fourth-order valence-corrected chi connectivity index (χ4v) is 2.33. The average molecular weight is 309 g/mol. The zero-order chi connectivity index (χ0) is 16.1. The summed E-state index contributed by atoms with van der Waals surface area (Å²) >= 11 is 0. The Morgan fingerprint density at radius 3 is 2.61 bits per heavy atom. The van der Waals surface area contributed by atoms with E-state index in [0.29, 0.717) is 17.6 Å². The molecule has 0 unspecified atom stereocenters. The highest BCUT2D eigenvalue weighted by Gasteiger charge is 2.15. The number of rotatable bonds is 6. The number of hydrogen-bond donors (Lipinski definition) is 0. The second-order valence-electron chi connectivity index (χ2n) is 5.23. The van der Waals surface area contributed by atoms with Gasteiger partial charge in [-0.25, -0.2) is 4.98 Å². The summed E-state index contributed by atoms with van der Waals surface area (Å²) in [7, 11) is 1.60. The lowest BCUT2D eigenvalue weighted by Crippen LogP contribution is -1.95. The van der Waals surface area contributed by atoms with Gasteiger partial charge in [0.2, 0.25) is 17.6 Å². The quantitative estimate of drug-likeness (QED) is 0.684. The molecule has 23 heavy (non-hydrogen) atoms. The van der Waals surface area contributed by atoms with E-state index in [4.69, 9.17) is 9.26 Å². The van der Waals surface area contributed by atoms with E-state index in [2.05, 4.69) is 22.0 Å². The largest absolute Gasteiger partial charge is 0.480 e. The van der Waals surface area contributed by atoms with Gasteiger partial charge in [0.15, 0.2) is 0 Å². The lowest BCUT2D eigenvalue weighted by molar-refractivity contribution is 0.374. The molecule has 0 radical (unpaired) electrons. The number of benzene rings is 1. The number of ether oxygens (including phenoxy) is 1. The summed E-state index contributed by atoms with van der Waals surface area (Å²) in [6.45, 7) is 2.13. The Hall–Kier alpha value is -2.69. The van der Waals surface area contributed by atoms with Gasteiger partial charge >= 0.3 is 0 Å². The molecule has 3 rings (SSSR count). The molecule has 0 atom stereocenters. The van der Waals surface area contributed by atoms with Crippen LogP contribution in [0.25, 0.3) is 22.6 Å². The molecule has 0 bridgehead atoms. The molecule has 0 saturated heterocycles. The van der Waals surface area contributed by atoms with Crippen LogP contribution in [0.3, 0.4) is 0 Å². The monoisotopic (exact) mass is 309 g/mol. The Morgan fingerprint density at radius 1 is 1.04 bits per heavy atom. The Bertz CT molecular complexity index is 769. The van der Waals surface area contributed by atoms with Gasteiger partial charge < -0.3 is 9.26 Å². The zero-order valence-corrected chi connectivity index (χ0v) is 13.3. The van der Waals surface area contributed by atoms with Crippen LogP contribution in [-0.4, -0.2) is 22.2 Å². The lowest BCUT2D eigenvalue weighted by Gasteiger charge is -2.07. The van der Waals surface area contributed by atoms with E-state index in [0.717, 1.165) is 36.1 Å². The number of aryl methyl sites for hydroxylation is 1. The van der Waals surface area contributed by atoms with Crippen molar-refractivity contribution in [2.45, 2.75) is 26.2 Å². The first-order chi connectivity index (χ1) is 11.3. The van der Waals surface area contributed by atoms with Crippen LogP contribution in [0.5, 0.6) is 5.88 Å². The SMILES string of the molecule is CCCCc1nc(-c2ccc(-c3ccccc3)nc2OC)no1. The van der Waals surface area contributed by atoms with E-state index in [-0.39, 0.29) is 0 Å². The van der Waals surface area contributed by atoms with Gasteiger partial charge in [-0.1, -0.05) is 48.8 Å². The van der Waals surface area contributed by atoms with Crippen molar-refractivity contribution in [2.24, 2.45) is 0 Å². The van der Waals surface area contributed by atoms with Gasteiger partial charge in [-0.15, -0.1) is 0 Å². The van der Waals surface area contributed by atoms with E-state index in [1.54, 1.807) is 7.11 Å². The molecule has 0 saturated carbocycles. The molecule has 0 spiro atoms. The molecule has 2 heterocycles. The first-order valence-electron chi connectivity index (χ1n) is 7.75. The van der Waals surface area contributed by atoms with Gasteiger partial charge in [-0.3, -0.25) is 0 Å². The summed E-state index contributed by atoms with van der Waals surface area (Å²) in [5, 5.41) is 4.04. The molecule has 5 heteroatoms. The summed E-state index contributed by atoms with van der Waals surface area (Å²) in [4.78, 5) is 9.00. The van der Waals surface area contributed by atoms with Crippen LogP contribution in [0.4, 0.5) is 0 Å². The minimum atomic E-state index is 0.495. The van der Waals surface area contributed by atoms with Crippen molar-refractivity contribution in [1.29, 1.82) is 0 Å². The Labute approximate surface area is 135 Å². The van der Waals surface area contributed by atoms with E-state index in [9.17, 15) is 0 Å². The van der Waals surface area contributed by atoms with E-state index >= 15 is 0 Å². The summed E-state index contributed by atoms with van der Waals surface area (Å²) in [5.41, 5.74) is 2.62. The first-order valence-corrected chi connectivity index (χ1v) is 7.75.